The lowest BCUT2D eigenvalue weighted by atomic mass is 10.2. The monoisotopic (exact) mass is 354 g/mol. The summed E-state index contributed by atoms with van der Waals surface area (Å²) >= 11 is 1.23. The summed E-state index contributed by atoms with van der Waals surface area (Å²) in [6.45, 7) is 4.05. The first-order chi connectivity index (χ1) is 12.1. The molecule has 128 valence electrons. The first kappa shape index (κ1) is 17.0. The molecule has 0 atom stereocenters. The van der Waals surface area contributed by atoms with Crippen LogP contribution in [0.1, 0.15) is 46.0 Å². The van der Waals surface area contributed by atoms with Gasteiger partial charge in [-0.25, -0.2) is 4.98 Å². The maximum Gasteiger partial charge on any atom is 0.260 e. The second-order valence-corrected chi connectivity index (χ2v) is 6.41. The van der Waals surface area contributed by atoms with Crippen LogP contribution in [0.5, 0.6) is 0 Å². The topological polar surface area (TPSA) is 76.9 Å². The molecule has 3 rings (SSSR count). The number of nitrogens with zero attached hydrogens (tertiary/aromatic N) is 3. The van der Waals surface area contributed by atoms with Gasteiger partial charge >= 0.3 is 0 Å². The highest BCUT2D eigenvalue weighted by molar-refractivity contribution is 7.14. The lowest BCUT2D eigenvalue weighted by molar-refractivity contribution is 0.100. The van der Waals surface area contributed by atoms with E-state index >= 15 is 0 Å². The van der Waals surface area contributed by atoms with Crippen molar-refractivity contribution < 1.29 is 9.59 Å². The van der Waals surface area contributed by atoms with Crippen molar-refractivity contribution in [3.8, 4) is 0 Å². The molecule has 2 heterocycles. The molecule has 0 saturated carbocycles. The average Bonchev–Trinajstić information content (AvgIpc) is 3.22. The van der Waals surface area contributed by atoms with E-state index in [1.165, 1.54) is 18.3 Å². The van der Waals surface area contributed by atoms with Gasteiger partial charge in [0.2, 0.25) is 0 Å². The maximum absolute atomic E-state index is 12.6. The van der Waals surface area contributed by atoms with Crippen molar-refractivity contribution in [3.05, 3.63) is 64.4 Å². The third-order valence-electron chi connectivity index (χ3n) is 3.79. The molecule has 25 heavy (non-hydrogen) atoms. The molecule has 1 N–H and O–H groups in total. The molecule has 0 fully saturated rings. The first-order valence-electron chi connectivity index (χ1n) is 7.95. The third-order valence-corrected chi connectivity index (χ3v) is 4.55. The molecule has 2 aromatic heterocycles. The van der Waals surface area contributed by atoms with Crippen LogP contribution in [0.2, 0.25) is 0 Å². The van der Waals surface area contributed by atoms with Crippen molar-refractivity contribution in [2.75, 3.05) is 5.32 Å². The summed E-state index contributed by atoms with van der Waals surface area (Å²) in [6.07, 6.45) is 2.27. The van der Waals surface area contributed by atoms with Crippen molar-refractivity contribution >= 4 is 28.2 Å². The van der Waals surface area contributed by atoms with Gasteiger partial charge in [0.25, 0.3) is 5.91 Å². The number of aromatic nitrogens is 3. The van der Waals surface area contributed by atoms with Crippen LogP contribution in [0.25, 0.3) is 0 Å². The molecule has 0 aliphatic carbocycles. The van der Waals surface area contributed by atoms with E-state index in [0.717, 1.165) is 11.3 Å². The largest absolute Gasteiger partial charge is 0.298 e. The molecule has 1 aromatic carbocycles. The molecule has 0 saturated heterocycles. The highest BCUT2D eigenvalue weighted by atomic mass is 32.1. The van der Waals surface area contributed by atoms with Gasteiger partial charge in [-0.05, 0) is 12.0 Å². The summed E-state index contributed by atoms with van der Waals surface area (Å²) < 4.78 is 1.84. The minimum absolute atomic E-state index is 0.123. The number of carbonyl (C=O) groups excluding carboxylic acids is 2. The Labute approximate surface area is 149 Å². The van der Waals surface area contributed by atoms with E-state index in [0.29, 0.717) is 29.4 Å². The van der Waals surface area contributed by atoms with Crippen LogP contribution in [-0.2, 0) is 13.0 Å². The summed E-state index contributed by atoms with van der Waals surface area (Å²) in [5.41, 5.74) is 2.87. The van der Waals surface area contributed by atoms with Gasteiger partial charge in [0.15, 0.2) is 10.9 Å². The van der Waals surface area contributed by atoms with E-state index in [4.69, 9.17) is 0 Å². The molecule has 0 bridgehead atoms. The smallest absolute Gasteiger partial charge is 0.260 e. The van der Waals surface area contributed by atoms with E-state index in [2.05, 4.69) is 15.4 Å². The Morgan fingerprint density at radius 2 is 2.00 bits per heavy atom. The number of hydrogen-bond donors (Lipinski definition) is 1. The Kier molecular flexibility index (Phi) is 5.04. The Bertz CT molecular complexity index is 899. The van der Waals surface area contributed by atoms with Crippen LogP contribution in [0.3, 0.4) is 0 Å². The molecule has 0 unspecified atom stereocenters. The number of benzene rings is 1. The number of carbonyl (C=O) groups is 2. The fraction of sp³-hybridized carbons (Fsp3) is 0.222. The molecular formula is C18H18N4O2S. The third kappa shape index (κ3) is 3.83. The number of anilines is 1. The fourth-order valence-corrected chi connectivity index (χ4v) is 3.27. The predicted octanol–water partition coefficient (Wildman–Crippen LogP) is 3.41. The fourth-order valence-electron chi connectivity index (χ4n) is 2.52. The number of rotatable bonds is 6. The predicted molar refractivity (Wildman–Crippen MR) is 97.2 cm³/mol. The van der Waals surface area contributed by atoms with Gasteiger partial charge in [0, 0.05) is 12.3 Å². The molecule has 3 aromatic rings. The zero-order valence-electron chi connectivity index (χ0n) is 14.0. The summed E-state index contributed by atoms with van der Waals surface area (Å²) in [4.78, 5) is 28.0. The molecule has 0 spiro atoms. The number of amides is 1. The SMILES string of the molecule is CCc1c(C(=O)Nc2nc(C(C)=O)cs2)cnn1Cc1ccccc1. The van der Waals surface area contributed by atoms with Gasteiger partial charge < -0.3 is 0 Å². The Morgan fingerprint density at radius 3 is 2.64 bits per heavy atom. The maximum atomic E-state index is 12.6. The minimum atomic E-state index is -0.263. The van der Waals surface area contributed by atoms with Crippen molar-refractivity contribution in [1.82, 2.24) is 14.8 Å². The van der Waals surface area contributed by atoms with Gasteiger partial charge in [0.1, 0.15) is 5.69 Å². The lowest BCUT2D eigenvalue weighted by Crippen LogP contribution is -2.15. The molecule has 6 nitrogen and oxygen atoms in total. The Balaban J connectivity index is 1.79. The quantitative estimate of drug-likeness (QED) is 0.688. The van der Waals surface area contributed by atoms with E-state index < -0.39 is 0 Å². The van der Waals surface area contributed by atoms with Crippen LogP contribution in [0, 0.1) is 0 Å². The van der Waals surface area contributed by atoms with Gasteiger partial charge in [-0.1, -0.05) is 37.3 Å². The van der Waals surface area contributed by atoms with E-state index in [9.17, 15) is 9.59 Å². The average molecular weight is 354 g/mol. The zero-order chi connectivity index (χ0) is 17.8. The number of thiazole rings is 1. The zero-order valence-corrected chi connectivity index (χ0v) is 14.8. The van der Waals surface area contributed by atoms with Crippen molar-refractivity contribution in [2.24, 2.45) is 0 Å². The normalized spacial score (nSPS) is 10.6. The number of Topliss-reactive ketones (excluding diaryl/α,β-unsaturated/α-hetero) is 1. The molecular weight excluding hydrogens is 336 g/mol. The summed E-state index contributed by atoms with van der Waals surface area (Å²) in [5.74, 6) is -0.387. The molecule has 1 amide bonds. The molecule has 0 radical (unpaired) electrons. The van der Waals surface area contributed by atoms with Crippen LogP contribution in [-0.4, -0.2) is 26.5 Å². The second-order valence-electron chi connectivity index (χ2n) is 5.55. The summed E-state index contributed by atoms with van der Waals surface area (Å²) in [7, 11) is 0. The summed E-state index contributed by atoms with van der Waals surface area (Å²) in [6, 6.07) is 9.98. The first-order valence-corrected chi connectivity index (χ1v) is 8.83. The minimum Gasteiger partial charge on any atom is -0.298 e. The molecule has 0 aliphatic rings. The standard InChI is InChI=1S/C18H18N4O2S/c1-3-16-14(9-19-22(16)10-13-7-5-4-6-8-13)17(24)21-18-20-15(11-25-18)12(2)23/h4-9,11H,3,10H2,1-2H3,(H,20,21,24). The Hall–Kier alpha value is -2.80. The van der Waals surface area contributed by atoms with Gasteiger partial charge in [-0.2, -0.15) is 5.10 Å². The highest BCUT2D eigenvalue weighted by Gasteiger charge is 2.18. The molecule has 0 aliphatic heterocycles. The van der Waals surface area contributed by atoms with Crippen molar-refractivity contribution in [2.45, 2.75) is 26.8 Å². The van der Waals surface area contributed by atoms with Gasteiger partial charge in [-0.3, -0.25) is 19.6 Å². The van der Waals surface area contributed by atoms with Crippen molar-refractivity contribution in [1.29, 1.82) is 0 Å². The van der Waals surface area contributed by atoms with Crippen LogP contribution in [0.15, 0.2) is 41.9 Å². The second kappa shape index (κ2) is 7.40. The van der Waals surface area contributed by atoms with E-state index in [1.54, 1.807) is 11.6 Å². The van der Waals surface area contributed by atoms with Crippen LogP contribution >= 0.6 is 11.3 Å². The van der Waals surface area contributed by atoms with Gasteiger partial charge in [0.05, 0.1) is 24.0 Å². The van der Waals surface area contributed by atoms with E-state index in [-0.39, 0.29) is 11.7 Å². The number of nitrogens with one attached hydrogen (secondary N) is 1. The lowest BCUT2D eigenvalue weighted by Gasteiger charge is -2.08. The van der Waals surface area contributed by atoms with E-state index in [1.807, 2.05) is 41.9 Å². The number of hydrogen-bond acceptors (Lipinski definition) is 5. The summed E-state index contributed by atoms with van der Waals surface area (Å²) in [5, 5.41) is 9.16. The van der Waals surface area contributed by atoms with Gasteiger partial charge in [-0.15, -0.1) is 11.3 Å². The van der Waals surface area contributed by atoms with Crippen LogP contribution < -0.4 is 5.32 Å². The Morgan fingerprint density at radius 1 is 1.24 bits per heavy atom. The van der Waals surface area contributed by atoms with Crippen molar-refractivity contribution in [3.63, 3.8) is 0 Å². The molecule has 7 heteroatoms. The number of ketones is 1. The van der Waals surface area contributed by atoms with Crippen LogP contribution in [0.4, 0.5) is 5.13 Å². The highest BCUT2D eigenvalue weighted by Crippen LogP contribution is 2.19.